The van der Waals surface area contributed by atoms with E-state index in [4.69, 9.17) is 4.42 Å². The van der Waals surface area contributed by atoms with Crippen molar-refractivity contribution in [2.24, 2.45) is 0 Å². The highest BCUT2D eigenvalue weighted by Crippen LogP contribution is 2.25. The van der Waals surface area contributed by atoms with Crippen molar-refractivity contribution in [1.29, 1.82) is 0 Å². The summed E-state index contributed by atoms with van der Waals surface area (Å²) in [6, 6.07) is 20.1. The Morgan fingerprint density at radius 3 is 2.26 bits per heavy atom. The van der Waals surface area contributed by atoms with Gasteiger partial charge in [0.2, 0.25) is 0 Å². The minimum absolute atomic E-state index is 0.261. The molecule has 3 heteroatoms. The van der Waals surface area contributed by atoms with Crippen LogP contribution in [-0.4, -0.2) is 4.57 Å². The summed E-state index contributed by atoms with van der Waals surface area (Å²) < 4.78 is 7.38. The maximum Gasteiger partial charge on any atom is 0.419 e. The first-order valence-corrected chi connectivity index (χ1v) is 8.11. The number of unbranched alkanes of at least 4 members (excludes halogenated alkanes) is 1. The van der Waals surface area contributed by atoms with E-state index < -0.39 is 0 Å². The predicted molar refractivity (Wildman–Crippen MR) is 92.6 cm³/mol. The van der Waals surface area contributed by atoms with Crippen LogP contribution < -0.4 is 5.76 Å². The molecule has 0 fully saturated rings. The third-order valence-corrected chi connectivity index (χ3v) is 3.95. The van der Waals surface area contributed by atoms with E-state index in [1.54, 1.807) is 4.57 Å². The summed E-state index contributed by atoms with van der Waals surface area (Å²) in [7, 11) is 0. The van der Waals surface area contributed by atoms with Crippen LogP contribution in [0, 0.1) is 0 Å². The summed E-state index contributed by atoms with van der Waals surface area (Å²) in [5, 5.41) is 0. The van der Waals surface area contributed by atoms with Gasteiger partial charge in [-0.05, 0) is 12.0 Å². The number of hydrogen-bond donors (Lipinski definition) is 0. The number of rotatable bonds is 6. The van der Waals surface area contributed by atoms with Crippen molar-refractivity contribution in [2.75, 3.05) is 0 Å². The van der Waals surface area contributed by atoms with E-state index in [0.29, 0.717) is 13.0 Å². The van der Waals surface area contributed by atoms with Crippen LogP contribution in [0.5, 0.6) is 0 Å². The van der Waals surface area contributed by atoms with Gasteiger partial charge in [0.1, 0.15) is 5.76 Å². The Hall–Kier alpha value is -2.55. The molecule has 0 radical (unpaired) electrons. The molecule has 3 nitrogen and oxygen atoms in total. The number of oxazole rings is 1. The van der Waals surface area contributed by atoms with Crippen molar-refractivity contribution >= 4 is 0 Å². The Bertz CT molecular complexity index is 801. The standard InChI is InChI=1S/C20H21NO2/c1-2-3-14-21-19(17-12-8-5-9-13-17)18(23-20(21)22)15-16-10-6-4-7-11-16/h4-13H,2-3,14-15H2,1H3. The topological polar surface area (TPSA) is 35.1 Å². The van der Waals surface area contributed by atoms with E-state index >= 15 is 0 Å². The van der Waals surface area contributed by atoms with E-state index in [0.717, 1.165) is 35.4 Å². The maximum absolute atomic E-state index is 12.3. The van der Waals surface area contributed by atoms with Gasteiger partial charge in [-0.25, -0.2) is 4.79 Å². The van der Waals surface area contributed by atoms with Crippen LogP contribution >= 0.6 is 0 Å². The molecule has 23 heavy (non-hydrogen) atoms. The smallest absolute Gasteiger partial charge is 0.412 e. The van der Waals surface area contributed by atoms with E-state index in [1.807, 2.05) is 48.5 Å². The fourth-order valence-electron chi connectivity index (χ4n) is 2.78. The molecule has 3 aromatic rings. The quantitative estimate of drug-likeness (QED) is 0.672. The highest BCUT2D eigenvalue weighted by molar-refractivity contribution is 5.62. The molecule has 3 rings (SSSR count). The van der Waals surface area contributed by atoms with Crippen molar-refractivity contribution in [2.45, 2.75) is 32.7 Å². The molecule has 0 aliphatic carbocycles. The molecule has 1 heterocycles. The Labute approximate surface area is 136 Å². The van der Waals surface area contributed by atoms with Crippen LogP contribution in [0.2, 0.25) is 0 Å². The Balaban J connectivity index is 2.06. The predicted octanol–water partition coefficient (Wildman–Crippen LogP) is 4.50. The SMILES string of the molecule is CCCCn1c(-c2ccccc2)c(Cc2ccccc2)oc1=O. The lowest BCUT2D eigenvalue weighted by Crippen LogP contribution is -2.15. The lowest BCUT2D eigenvalue weighted by atomic mass is 10.0. The molecule has 0 N–H and O–H groups in total. The summed E-state index contributed by atoms with van der Waals surface area (Å²) in [4.78, 5) is 12.3. The van der Waals surface area contributed by atoms with Crippen LogP contribution in [-0.2, 0) is 13.0 Å². The van der Waals surface area contributed by atoms with Crippen molar-refractivity contribution in [3.63, 3.8) is 0 Å². The average molecular weight is 307 g/mol. The molecule has 118 valence electrons. The summed E-state index contributed by atoms with van der Waals surface area (Å²) >= 11 is 0. The third-order valence-electron chi connectivity index (χ3n) is 3.95. The fraction of sp³-hybridized carbons (Fsp3) is 0.250. The van der Waals surface area contributed by atoms with Gasteiger partial charge in [0.25, 0.3) is 0 Å². The zero-order valence-electron chi connectivity index (χ0n) is 13.4. The lowest BCUT2D eigenvalue weighted by Gasteiger charge is -2.08. The minimum Gasteiger partial charge on any atom is -0.412 e. The first-order valence-electron chi connectivity index (χ1n) is 8.11. The normalized spacial score (nSPS) is 10.8. The van der Waals surface area contributed by atoms with Gasteiger partial charge in [-0.2, -0.15) is 0 Å². The van der Waals surface area contributed by atoms with Crippen LogP contribution in [0.25, 0.3) is 11.3 Å². The van der Waals surface area contributed by atoms with Crippen molar-refractivity contribution < 1.29 is 4.42 Å². The molecule has 0 aliphatic rings. The van der Waals surface area contributed by atoms with Gasteiger partial charge in [0, 0.05) is 18.5 Å². The van der Waals surface area contributed by atoms with Crippen molar-refractivity contribution in [3.05, 3.63) is 82.5 Å². The Morgan fingerprint density at radius 1 is 0.957 bits per heavy atom. The largest absolute Gasteiger partial charge is 0.419 e. The average Bonchev–Trinajstić information content (AvgIpc) is 2.90. The summed E-state index contributed by atoms with van der Waals surface area (Å²) in [6.07, 6.45) is 2.63. The molecule has 0 saturated heterocycles. The molecule has 2 aromatic carbocycles. The summed E-state index contributed by atoms with van der Waals surface area (Å²) in [5.74, 6) is 0.478. The van der Waals surface area contributed by atoms with Crippen LogP contribution in [0.15, 0.2) is 69.9 Å². The van der Waals surface area contributed by atoms with Gasteiger partial charge in [-0.15, -0.1) is 0 Å². The van der Waals surface area contributed by atoms with Crippen LogP contribution in [0.3, 0.4) is 0 Å². The van der Waals surface area contributed by atoms with E-state index in [9.17, 15) is 4.79 Å². The Kier molecular flexibility index (Phi) is 4.77. The van der Waals surface area contributed by atoms with Gasteiger partial charge < -0.3 is 4.42 Å². The van der Waals surface area contributed by atoms with E-state index in [1.165, 1.54) is 0 Å². The van der Waals surface area contributed by atoms with Crippen molar-refractivity contribution in [1.82, 2.24) is 4.57 Å². The van der Waals surface area contributed by atoms with E-state index in [2.05, 4.69) is 19.1 Å². The number of nitrogens with zero attached hydrogens (tertiary/aromatic N) is 1. The maximum atomic E-state index is 12.3. The number of hydrogen-bond acceptors (Lipinski definition) is 2. The molecule has 0 atom stereocenters. The molecule has 1 aromatic heterocycles. The zero-order valence-corrected chi connectivity index (χ0v) is 13.4. The monoisotopic (exact) mass is 307 g/mol. The molecule has 0 spiro atoms. The second kappa shape index (κ2) is 7.14. The molecule has 0 bridgehead atoms. The molecule has 0 saturated carbocycles. The number of aromatic nitrogens is 1. The summed E-state index contributed by atoms with van der Waals surface area (Å²) in [6.45, 7) is 2.82. The van der Waals surface area contributed by atoms with Crippen molar-refractivity contribution in [3.8, 4) is 11.3 Å². The second-order valence-electron chi connectivity index (χ2n) is 5.67. The molecule has 0 amide bonds. The summed E-state index contributed by atoms with van der Waals surface area (Å²) in [5.41, 5.74) is 3.08. The van der Waals surface area contributed by atoms with Crippen LogP contribution in [0.4, 0.5) is 0 Å². The molecular weight excluding hydrogens is 286 g/mol. The molecule has 0 aliphatic heterocycles. The Morgan fingerprint density at radius 2 is 1.61 bits per heavy atom. The first-order chi connectivity index (χ1) is 11.3. The highest BCUT2D eigenvalue weighted by Gasteiger charge is 2.18. The molecule has 0 unspecified atom stereocenters. The van der Waals surface area contributed by atoms with E-state index in [-0.39, 0.29) is 5.76 Å². The fourth-order valence-corrected chi connectivity index (χ4v) is 2.78. The minimum atomic E-state index is -0.261. The second-order valence-corrected chi connectivity index (χ2v) is 5.67. The van der Waals surface area contributed by atoms with Gasteiger partial charge in [-0.3, -0.25) is 4.57 Å². The third kappa shape index (κ3) is 3.45. The van der Waals surface area contributed by atoms with Gasteiger partial charge in [-0.1, -0.05) is 74.0 Å². The van der Waals surface area contributed by atoms with Gasteiger partial charge in [0.15, 0.2) is 0 Å². The van der Waals surface area contributed by atoms with Gasteiger partial charge in [0.05, 0.1) is 5.69 Å². The zero-order chi connectivity index (χ0) is 16.1. The molecular formula is C20H21NO2. The van der Waals surface area contributed by atoms with Gasteiger partial charge >= 0.3 is 5.76 Å². The lowest BCUT2D eigenvalue weighted by molar-refractivity contribution is 0.447. The first kappa shape index (κ1) is 15.3. The highest BCUT2D eigenvalue weighted by atomic mass is 16.4. The van der Waals surface area contributed by atoms with Crippen LogP contribution in [0.1, 0.15) is 31.1 Å². The number of benzene rings is 2.